The monoisotopic (exact) mass is 264 g/mol. The van der Waals surface area contributed by atoms with Crippen molar-refractivity contribution in [3.8, 4) is 0 Å². The van der Waals surface area contributed by atoms with E-state index in [1.165, 1.54) is 12.8 Å². The normalized spacial score (nSPS) is 18.4. The highest BCUT2D eigenvalue weighted by Gasteiger charge is 2.27. The van der Waals surface area contributed by atoms with Crippen LogP contribution >= 0.6 is 0 Å². The fourth-order valence-corrected chi connectivity index (χ4v) is 2.59. The molecule has 5 nitrogen and oxygen atoms in total. The van der Waals surface area contributed by atoms with Crippen molar-refractivity contribution in [1.82, 2.24) is 9.97 Å². The Labute approximate surface area is 115 Å². The number of aromatic nitrogens is 2. The van der Waals surface area contributed by atoms with Crippen molar-refractivity contribution in [2.24, 2.45) is 5.41 Å². The lowest BCUT2D eigenvalue weighted by Crippen LogP contribution is -2.40. The van der Waals surface area contributed by atoms with Gasteiger partial charge in [0.2, 0.25) is 0 Å². The van der Waals surface area contributed by atoms with Crippen molar-refractivity contribution in [2.45, 2.75) is 33.3 Å². The lowest BCUT2D eigenvalue weighted by Gasteiger charge is -2.38. The first-order valence-corrected chi connectivity index (χ1v) is 6.84. The molecule has 1 fully saturated rings. The van der Waals surface area contributed by atoms with E-state index in [2.05, 4.69) is 34.0 Å². The maximum Gasteiger partial charge on any atom is 0.158 e. The molecule has 0 spiro atoms. The van der Waals surface area contributed by atoms with Crippen LogP contribution in [-0.2, 0) is 11.3 Å². The van der Waals surface area contributed by atoms with E-state index in [0.29, 0.717) is 12.0 Å². The Balaban J connectivity index is 2.25. The van der Waals surface area contributed by atoms with Gasteiger partial charge in [0.05, 0.1) is 0 Å². The molecule has 106 valence electrons. The van der Waals surface area contributed by atoms with E-state index >= 15 is 0 Å². The molecule has 1 aromatic heterocycles. The number of rotatable bonds is 4. The predicted molar refractivity (Wildman–Crippen MR) is 77.5 cm³/mol. The largest absolute Gasteiger partial charge is 0.377 e. The number of anilines is 2. The zero-order valence-corrected chi connectivity index (χ0v) is 12.4. The summed E-state index contributed by atoms with van der Waals surface area (Å²) in [4.78, 5) is 11.4. The Kier molecular flexibility index (Phi) is 4.24. The van der Waals surface area contributed by atoms with Crippen molar-refractivity contribution in [3.05, 3.63) is 11.9 Å². The lowest BCUT2D eigenvalue weighted by molar-refractivity contribution is 0.178. The van der Waals surface area contributed by atoms with Crippen LogP contribution in [0.2, 0.25) is 0 Å². The number of hydrogen-bond donors (Lipinski definition) is 1. The predicted octanol–water partition coefficient (Wildman–Crippen LogP) is 2.29. The van der Waals surface area contributed by atoms with Gasteiger partial charge in [-0.05, 0) is 18.3 Å². The molecular weight excluding hydrogens is 240 g/mol. The first-order valence-electron chi connectivity index (χ1n) is 6.84. The number of hydrogen-bond acceptors (Lipinski definition) is 5. The van der Waals surface area contributed by atoms with Gasteiger partial charge >= 0.3 is 0 Å². The van der Waals surface area contributed by atoms with Gasteiger partial charge in [-0.25, -0.2) is 9.97 Å². The summed E-state index contributed by atoms with van der Waals surface area (Å²) in [6.07, 6.45) is 2.49. The van der Waals surface area contributed by atoms with Crippen LogP contribution < -0.4 is 10.2 Å². The molecule has 1 aliphatic heterocycles. The lowest BCUT2D eigenvalue weighted by atomic mass is 9.84. The van der Waals surface area contributed by atoms with Gasteiger partial charge in [-0.15, -0.1) is 0 Å². The Morgan fingerprint density at radius 2 is 2.21 bits per heavy atom. The van der Waals surface area contributed by atoms with Crippen LogP contribution in [0.5, 0.6) is 0 Å². The Bertz CT molecular complexity index is 433. The first-order chi connectivity index (χ1) is 9.04. The number of piperidine rings is 1. The zero-order chi connectivity index (χ0) is 13.9. The SMILES string of the molecule is CNc1cc(N2CCCC(C)(C)C2)nc(COC)n1. The van der Waals surface area contributed by atoms with Crippen molar-refractivity contribution in [3.63, 3.8) is 0 Å². The molecule has 0 atom stereocenters. The highest BCUT2D eigenvalue weighted by Crippen LogP contribution is 2.31. The minimum atomic E-state index is 0.352. The van der Waals surface area contributed by atoms with E-state index in [-0.39, 0.29) is 0 Å². The molecule has 0 aliphatic carbocycles. The third-order valence-electron chi connectivity index (χ3n) is 3.51. The van der Waals surface area contributed by atoms with Crippen molar-refractivity contribution >= 4 is 11.6 Å². The van der Waals surface area contributed by atoms with Gasteiger partial charge in [0.15, 0.2) is 5.82 Å². The summed E-state index contributed by atoms with van der Waals surface area (Å²) in [6, 6.07) is 2.01. The smallest absolute Gasteiger partial charge is 0.158 e. The van der Waals surface area contributed by atoms with Crippen LogP contribution in [0.25, 0.3) is 0 Å². The van der Waals surface area contributed by atoms with Gasteiger partial charge in [0.25, 0.3) is 0 Å². The average Bonchev–Trinajstić information content (AvgIpc) is 2.37. The molecule has 0 aromatic carbocycles. The van der Waals surface area contributed by atoms with Crippen LogP contribution in [0.3, 0.4) is 0 Å². The van der Waals surface area contributed by atoms with Crippen molar-refractivity contribution < 1.29 is 4.74 Å². The molecule has 1 N–H and O–H groups in total. The van der Waals surface area contributed by atoms with E-state index in [9.17, 15) is 0 Å². The fourth-order valence-electron chi connectivity index (χ4n) is 2.59. The van der Waals surface area contributed by atoms with Crippen LogP contribution in [0.15, 0.2) is 6.07 Å². The van der Waals surface area contributed by atoms with Gasteiger partial charge in [-0.2, -0.15) is 0 Å². The second kappa shape index (κ2) is 5.74. The fraction of sp³-hybridized carbons (Fsp3) is 0.714. The topological polar surface area (TPSA) is 50.3 Å². The molecule has 1 aliphatic rings. The third-order valence-corrected chi connectivity index (χ3v) is 3.51. The van der Waals surface area contributed by atoms with E-state index in [0.717, 1.165) is 30.5 Å². The number of nitrogens with one attached hydrogen (secondary N) is 1. The zero-order valence-electron chi connectivity index (χ0n) is 12.4. The summed E-state index contributed by atoms with van der Waals surface area (Å²) < 4.78 is 5.14. The molecule has 19 heavy (non-hydrogen) atoms. The van der Waals surface area contributed by atoms with Crippen LogP contribution in [-0.4, -0.2) is 37.2 Å². The van der Waals surface area contributed by atoms with E-state index in [4.69, 9.17) is 4.74 Å². The maximum absolute atomic E-state index is 5.14. The minimum absolute atomic E-state index is 0.352. The van der Waals surface area contributed by atoms with Gasteiger partial charge in [0.1, 0.15) is 18.2 Å². The quantitative estimate of drug-likeness (QED) is 0.904. The average molecular weight is 264 g/mol. The standard InChI is InChI=1S/C14H24N4O/c1-14(2)6-5-7-18(10-14)13-8-11(15-3)16-12(17-13)9-19-4/h8H,5-7,9-10H2,1-4H3,(H,15,16,17). The molecule has 0 radical (unpaired) electrons. The van der Waals surface area contributed by atoms with Gasteiger partial charge in [-0.3, -0.25) is 0 Å². The summed E-state index contributed by atoms with van der Waals surface area (Å²) in [6.45, 7) is 7.18. The highest BCUT2D eigenvalue weighted by molar-refractivity contribution is 5.49. The number of ether oxygens (including phenoxy) is 1. The van der Waals surface area contributed by atoms with Crippen molar-refractivity contribution in [2.75, 3.05) is 37.5 Å². The number of nitrogens with zero attached hydrogens (tertiary/aromatic N) is 3. The molecule has 0 amide bonds. The molecule has 1 aromatic rings. The van der Waals surface area contributed by atoms with Gasteiger partial charge in [0, 0.05) is 33.3 Å². The number of methoxy groups -OCH3 is 1. The van der Waals surface area contributed by atoms with E-state index in [1.54, 1.807) is 7.11 Å². The third kappa shape index (κ3) is 3.56. The Morgan fingerprint density at radius 3 is 2.84 bits per heavy atom. The van der Waals surface area contributed by atoms with Crippen LogP contribution in [0.4, 0.5) is 11.6 Å². The van der Waals surface area contributed by atoms with E-state index < -0.39 is 0 Å². The molecule has 0 saturated carbocycles. The summed E-state index contributed by atoms with van der Waals surface area (Å²) >= 11 is 0. The van der Waals surface area contributed by atoms with Gasteiger partial charge in [-0.1, -0.05) is 13.8 Å². The summed E-state index contributed by atoms with van der Waals surface area (Å²) in [5.74, 6) is 2.58. The molecule has 2 heterocycles. The molecule has 0 unspecified atom stereocenters. The minimum Gasteiger partial charge on any atom is -0.377 e. The second-order valence-electron chi connectivity index (χ2n) is 5.90. The summed E-state index contributed by atoms with van der Waals surface area (Å²) in [5.41, 5.74) is 0.352. The summed E-state index contributed by atoms with van der Waals surface area (Å²) in [7, 11) is 3.54. The van der Waals surface area contributed by atoms with Crippen LogP contribution in [0.1, 0.15) is 32.5 Å². The van der Waals surface area contributed by atoms with E-state index in [1.807, 2.05) is 13.1 Å². The molecule has 5 heteroatoms. The van der Waals surface area contributed by atoms with Crippen LogP contribution in [0, 0.1) is 5.41 Å². The Hall–Kier alpha value is -1.36. The second-order valence-corrected chi connectivity index (χ2v) is 5.90. The molecular formula is C14H24N4O. The Morgan fingerprint density at radius 1 is 1.42 bits per heavy atom. The molecule has 0 bridgehead atoms. The first kappa shape index (κ1) is 14.1. The molecule has 2 rings (SSSR count). The maximum atomic E-state index is 5.14. The van der Waals surface area contributed by atoms with Gasteiger partial charge < -0.3 is 15.0 Å². The molecule has 1 saturated heterocycles. The van der Waals surface area contributed by atoms with Crippen molar-refractivity contribution in [1.29, 1.82) is 0 Å². The summed E-state index contributed by atoms with van der Waals surface area (Å²) in [5, 5.41) is 3.09. The highest BCUT2D eigenvalue weighted by atomic mass is 16.5.